The summed E-state index contributed by atoms with van der Waals surface area (Å²) >= 11 is 0. The first-order valence-corrected chi connectivity index (χ1v) is 8.56. The molecule has 0 bridgehead atoms. The number of fused-ring (bicyclic) bond motifs is 1. The van der Waals surface area contributed by atoms with Crippen molar-refractivity contribution in [3.05, 3.63) is 72.3 Å². The average molecular weight is 347 g/mol. The zero-order valence-corrected chi connectivity index (χ0v) is 14.0. The molecule has 2 atom stereocenters. The van der Waals surface area contributed by atoms with E-state index < -0.39 is 5.97 Å². The maximum atomic E-state index is 12.8. The fourth-order valence-electron chi connectivity index (χ4n) is 3.50. The smallest absolute Gasteiger partial charge is 0.343 e. The van der Waals surface area contributed by atoms with Crippen LogP contribution < -0.4 is 9.64 Å². The van der Waals surface area contributed by atoms with Gasteiger partial charge in [-0.05, 0) is 37.1 Å². The second-order valence-electron chi connectivity index (χ2n) is 6.39. The molecule has 0 unspecified atom stereocenters. The first kappa shape index (κ1) is 16.3. The Kier molecular flexibility index (Phi) is 4.13. The van der Waals surface area contributed by atoms with Crippen molar-refractivity contribution in [1.82, 2.24) is 0 Å². The molecule has 5 heteroatoms. The molecule has 0 aromatic heterocycles. The van der Waals surface area contributed by atoms with Crippen LogP contribution >= 0.6 is 0 Å². The van der Waals surface area contributed by atoms with E-state index in [9.17, 15) is 14.4 Å². The molecular formula is C21H17NO4. The van der Waals surface area contributed by atoms with E-state index in [-0.39, 0.29) is 29.4 Å². The van der Waals surface area contributed by atoms with Crippen molar-refractivity contribution in [3.63, 3.8) is 0 Å². The molecule has 5 nitrogen and oxygen atoms in total. The van der Waals surface area contributed by atoms with E-state index in [2.05, 4.69) is 0 Å². The van der Waals surface area contributed by atoms with Crippen LogP contribution in [0.3, 0.4) is 0 Å². The number of amides is 2. The second-order valence-corrected chi connectivity index (χ2v) is 6.39. The Morgan fingerprint density at radius 3 is 2.08 bits per heavy atom. The molecule has 0 spiro atoms. The number of para-hydroxylation sites is 2. The molecule has 1 aliphatic heterocycles. The van der Waals surface area contributed by atoms with Gasteiger partial charge in [0.1, 0.15) is 0 Å². The zero-order valence-electron chi connectivity index (χ0n) is 14.0. The summed E-state index contributed by atoms with van der Waals surface area (Å²) in [5.74, 6) is -1.44. The molecule has 1 heterocycles. The Morgan fingerprint density at radius 2 is 1.42 bits per heavy atom. The number of anilines is 1. The van der Waals surface area contributed by atoms with E-state index in [1.807, 2.05) is 18.2 Å². The number of imide groups is 1. The molecule has 1 saturated heterocycles. The van der Waals surface area contributed by atoms with Crippen molar-refractivity contribution < 1.29 is 19.1 Å². The van der Waals surface area contributed by atoms with Crippen LogP contribution in [-0.2, 0) is 9.59 Å². The number of benzene rings is 2. The average Bonchev–Trinajstić information content (AvgIpc) is 2.94. The third-order valence-corrected chi connectivity index (χ3v) is 4.83. The van der Waals surface area contributed by atoms with Crippen molar-refractivity contribution in [2.45, 2.75) is 12.8 Å². The Labute approximate surface area is 150 Å². The fraction of sp³-hybridized carbons (Fsp3) is 0.190. The summed E-state index contributed by atoms with van der Waals surface area (Å²) in [5, 5.41) is 0. The quantitative estimate of drug-likeness (QED) is 0.370. The monoisotopic (exact) mass is 347 g/mol. The molecular weight excluding hydrogens is 330 g/mol. The minimum Gasteiger partial charge on any atom is -0.421 e. The van der Waals surface area contributed by atoms with E-state index in [1.54, 1.807) is 48.5 Å². The molecule has 1 fully saturated rings. The minimum absolute atomic E-state index is 0.203. The molecule has 2 aromatic carbocycles. The summed E-state index contributed by atoms with van der Waals surface area (Å²) in [4.78, 5) is 39.1. The highest BCUT2D eigenvalue weighted by Gasteiger charge is 2.48. The molecule has 0 saturated carbocycles. The first-order valence-electron chi connectivity index (χ1n) is 8.56. The van der Waals surface area contributed by atoms with Crippen LogP contribution in [0.25, 0.3) is 0 Å². The lowest BCUT2D eigenvalue weighted by Crippen LogP contribution is -2.31. The highest BCUT2D eigenvalue weighted by molar-refractivity contribution is 6.23. The van der Waals surface area contributed by atoms with E-state index >= 15 is 0 Å². The largest absolute Gasteiger partial charge is 0.421 e. The van der Waals surface area contributed by atoms with Gasteiger partial charge in [0, 0.05) is 0 Å². The number of hydrogen-bond acceptors (Lipinski definition) is 4. The van der Waals surface area contributed by atoms with Crippen LogP contribution in [-0.4, -0.2) is 17.8 Å². The minimum atomic E-state index is -0.531. The predicted molar refractivity (Wildman–Crippen MR) is 95.7 cm³/mol. The third kappa shape index (κ3) is 2.71. The molecule has 1 aliphatic carbocycles. The number of esters is 1. The summed E-state index contributed by atoms with van der Waals surface area (Å²) in [6.07, 6.45) is 5.02. The molecule has 26 heavy (non-hydrogen) atoms. The summed E-state index contributed by atoms with van der Waals surface area (Å²) in [5.41, 5.74) is 0.723. The van der Waals surface area contributed by atoms with Crippen LogP contribution in [0, 0.1) is 11.8 Å². The number of rotatable bonds is 3. The summed E-state index contributed by atoms with van der Waals surface area (Å²) in [6, 6.07) is 15.2. The lowest BCUT2D eigenvalue weighted by Gasteiger charge is -2.18. The van der Waals surface area contributed by atoms with Gasteiger partial charge < -0.3 is 4.74 Å². The van der Waals surface area contributed by atoms with Gasteiger partial charge in [-0.25, -0.2) is 9.69 Å². The van der Waals surface area contributed by atoms with Crippen LogP contribution in [0.1, 0.15) is 23.2 Å². The van der Waals surface area contributed by atoms with Gasteiger partial charge in [-0.2, -0.15) is 0 Å². The van der Waals surface area contributed by atoms with Crippen molar-refractivity contribution in [2.24, 2.45) is 11.8 Å². The van der Waals surface area contributed by atoms with Gasteiger partial charge in [0.2, 0.25) is 11.8 Å². The zero-order chi connectivity index (χ0) is 18.1. The molecule has 0 radical (unpaired) electrons. The highest BCUT2D eigenvalue weighted by atomic mass is 16.5. The van der Waals surface area contributed by atoms with Crippen LogP contribution in [0.15, 0.2) is 66.7 Å². The van der Waals surface area contributed by atoms with Gasteiger partial charge in [-0.1, -0.05) is 42.5 Å². The van der Waals surface area contributed by atoms with Crippen LogP contribution in [0.4, 0.5) is 5.69 Å². The number of allylic oxidation sites excluding steroid dienone is 2. The maximum absolute atomic E-state index is 12.8. The molecule has 2 amide bonds. The van der Waals surface area contributed by atoms with Crippen molar-refractivity contribution in [3.8, 4) is 5.75 Å². The summed E-state index contributed by atoms with van der Waals surface area (Å²) in [6.45, 7) is 0. The Balaban J connectivity index is 1.65. The number of carbonyl (C=O) groups excluding carboxylic acids is 3. The SMILES string of the molecule is O=C(Oc1ccccc1N1C(=O)[C@@H]2CC=CC[C@H]2C1=O)c1ccccc1. The highest BCUT2D eigenvalue weighted by Crippen LogP contribution is 2.40. The van der Waals surface area contributed by atoms with Crippen molar-refractivity contribution in [1.29, 1.82) is 0 Å². The Hall–Kier alpha value is -3.21. The van der Waals surface area contributed by atoms with E-state index in [0.29, 0.717) is 24.1 Å². The lowest BCUT2D eigenvalue weighted by molar-refractivity contribution is -0.122. The predicted octanol–water partition coefficient (Wildman–Crippen LogP) is 3.36. The van der Waals surface area contributed by atoms with Gasteiger partial charge in [0.15, 0.2) is 5.75 Å². The van der Waals surface area contributed by atoms with Gasteiger partial charge in [-0.3, -0.25) is 9.59 Å². The lowest BCUT2D eigenvalue weighted by atomic mass is 9.85. The van der Waals surface area contributed by atoms with Gasteiger partial charge in [0.05, 0.1) is 23.1 Å². The van der Waals surface area contributed by atoms with Crippen molar-refractivity contribution >= 4 is 23.5 Å². The second kappa shape index (κ2) is 6.59. The Morgan fingerprint density at radius 1 is 0.846 bits per heavy atom. The topological polar surface area (TPSA) is 63.7 Å². The fourth-order valence-corrected chi connectivity index (χ4v) is 3.50. The number of nitrogens with zero attached hydrogens (tertiary/aromatic N) is 1. The maximum Gasteiger partial charge on any atom is 0.343 e. The van der Waals surface area contributed by atoms with E-state index in [0.717, 1.165) is 0 Å². The van der Waals surface area contributed by atoms with Crippen LogP contribution in [0.5, 0.6) is 5.75 Å². The van der Waals surface area contributed by atoms with E-state index in [4.69, 9.17) is 4.74 Å². The normalized spacial score (nSPS) is 21.6. The molecule has 4 rings (SSSR count). The molecule has 130 valence electrons. The summed E-state index contributed by atoms with van der Waals surface area (Å²) < 4.78 is 5.49. The molecule has 0 N–H and O–H groups in total. The van der Waals surface area contributed by atoms with Gasteiger partial charge >= 0.3 is 5.97 Å². The number of ether oxygens (including phenoxy) is 1. The Bertz CT molecular complexity index is 877. The number of carbonyl (C=O) groups is 3. The summed E-state index contributed by atoms with van der Waals surface area (Å²) in [7, 11) is 0. The number of hydrogen-bond donors (Lipinski definition) is 0. The van der Waals surface area contributed by atoms with E-state index in [1.165, 1.54) is 4.90 Å². The molecule has 2 aliphatic rings. The van der Waals surface area contributed by atoms with Gasteiger partial charge in [0.25, 0.3) is 0 Å². The third-order valence-electron chi connectivity index (χ3n) is 4.83. The molecule has 2 aromatic rings. The standard InChI is InChI=1S/C21H17NO4/c23-19-15-10-4-5-11-16(15)20(24)22(19)17-12-6-7-13-18(17)26-21(25)14-8-2-1-3-9-14/h1-9,12-13,15-16H,10-11H2/t15-,16-/m1/s1. The van der Waals surface area contributed by atoms with Gasteiger partial charge in [-0.15, -0.1) is 0 Å². The first-order chi connectivity index (χ1) is 12.7. The van der Waals surface area contributed by atoms with Crippen molar-refractivity contribution in [2.75, 3.05) is 4.90 Å². The van der Waals surface area contributed by atoms with Crippen LogP contribution in [0.2, 0.25) is 0 Å².